The van der Waals surface area contributed by atoms with E-state index in [1.807, 2.05) is 17.5 Å². The van der Waals surface area contributed by atoms with Crippen molar-refractivity contribution in [2.45, 2.75) is 6.04 Å². The third kappa shape index (κ3) is 5.48. The highest BCUT2D eigenvalue weighted by atomic mass is 32.1. The highest BCUT2D eigenvalue weighted by Gasteiger charge is 2.19. The Morgan fingerprint density at radius 3 is 2.48 bits per heavy atom. The van der Waals surface area contributed by atoms with Gasteiger partial charge in [-0.15, -0.1) is 11.3 Å². The molecule has 0 aliphatic heterocycles. The van der Waals surface area contributed by atoms with Crippen molar-refractivity contribution in [3.8, 4) is 23.7 Å². The summed E-state index contributed by atoms with van der Waals surface area (Å²) in [7, 11) is 0. The van der Waals surface area contributed by atoms with Crippen LogP contribution in [0.15, 0.2) is 41.8 Å². The number of amides is 2. The molecule has 0 saturated carbocycles. The van der Waals surface area contributed by atoms with Crippen LogP contribution < -0.4 is 16.5 Å². The van der Waals surface area contributed by atoms with Gasteiger partial charge in [-0.2, -0.15) is 0 Å². The SMILES string of the molecule is NC[C@H](NC(=O)c1ccc(C#CC#Cc2cccs2)cc1)C(=O)NO. The Hall–Kier alpha value is -3.10. The summed E-state index contributed by atoms with van der Waals surface area (Å²) in [5.41, 5.74) is 7.90. The van der Waals surface area contributed by atoms with E-state index >= 15 is 0 Å². The lowest BCUT2D eigenvalue weighted by molar-refractivity contribution is -0.130. The first-order valence-electron chi connectivity index (χ1n) is 7.24. The van der Waals surface area contributed by atoms with Crippen LogP contribution in [-0.4, -0.2) is 29.6 Å². The zero-order valence-corrected chi connectivity index (χ0v) is 13.9. The third-order valence-electron chi connectivity index (χ3n) is 3.09. The van der Waals surface area contributed by atoms with E-state index < -0.39 is 17.9 Å². The Kier molecular flexibility index (Phi) is 6.76. The number of carbonyl (C=O) groups excluding carboxylic acids is 2. The molecule has 1 atom stereocenters. The van der Waals surface area contributed by atoms with Crippen molar-refractivity contribution < 1.29 is 14.8 Å². The zero-order chi connectivity index (χ0) is 18.1. The zero-order valence-electron chi connectivity index (χ0n) is 13.1. The first-order valence-corrected chi connectivity index (χ1v) is 8.12. The van der Waals surface area contributed by atoms with E-state index in [1.165, 1.54) is 5.48 Å². The summed E-state index contributed by atoms with van der Waals surface area (Å²) in [6.07, 6.45) is 0. The molecule has 5 N–H and O–H groups in total. The van der Waals surface area contributed by atoms with Crippen molar-refractivity contribution in [3.05, 3.63) is 57.8 Å². The Labute approximate surface area is 149 Å². The maximum Gasteiger partial charge on any atom is 0.267 e. The molecule has 0 unspecified atom stereocenters. The van der Waals surface area contributed by atoms with Gasteiger partial charge in [0.15, 0.2) is 0 Å². The van der Waals surface area contributed by atoms with Gasteiger partial charge in [0.1, 0.15) is 6.04 Å². The van der Waals surface area contributed by atoms with Crippen LogP contribution in [-0.2, 0) is 4.79 Å². The van der Waals surface area contributed by atoms with Gasteiger partial charge >= 0.3 is 0 Å². The molecule has 2 amide bonds. The smallest absolute Gasteiger partial charge is 0.267 e. The van der Waals surface area contributed by atoms with E-state index in [0.29, 0.717) is 11.1 Å². The quantitative estimate of drug-likeness (QED) is 0.369. The van der Waals surface area contributed by atoms with Crippen LogP contribution in [0.5, 0.6) is 0 Å². The number of hydroxylamine groups is 1. The average molecular weight is 353 g/mol. The third-order valence-corrected chi connectivity index (χ3v) is 3.88. The van der Waals surface area contributed by atoms with Crippen molar-refractivity contribution in [3.63, 3.8) is 0 Å². The van der Waals surface area contributed by atoms with Crippen molar-refractivity contribution >= 4 is 23.2 Å². The average Bonchev–Trinajstić information content (AvgIpc) is 3.16. The molecular weight excluding hydrogens is 338 g/mol. The summed E-state index contributed by atoms with van der Waals surface area (Å²) < 4.78 is 0. The van der Waals surface area contributed by atoms with Gasteiger partial charge in [-0.05, 0) is 53.5 Å². The topological polar surface area (TPSA) is 104 Å². The molecule has 1 heterocycles. The first kappa shape index (κ1) is 18.2. The van der Waals surface area contributed by atoms with Gasteiger partial charge in [0.2, 0.25) is 0 Å². The fourth-order valence-corrected chi connectivity index (χ4v) is 2.37. The second kappa shape index (κ2) is 9.26. The van der Waals surface area contributed by atoms with Crippen LogP contribution in [0.2, 0.25) is 0 Å². The molecule has 25 heavy (non-hydrogen) atoms. The molecule has 0 aliphatic carbocycles. The molecule has 2 rings (SSSR count). The second-order valence-electron chi connectivity index (χ2n) is 4.79. The lowest BCUT2D eigenvalue weighted by Gasteiger charge is -2.14. The minimum absolute atomic E-state index is 0.134. The fraction of sp³-hybridized carbons (Fsp3) is 0.111. The number of hydrogen-bond acceptors (Lipinski definition) is 5. The van der Waals surface area contributed by atoms with Gasteiger partial charge in [-0.25, -0.2) is 5.48 Å². The molecule has 0 fully saturated rings. The summed E-state index contributed by atoms with van der Waals surface area (Å²) in [5.74, 6) is 10.1. The molecular formula is C18H15N3O3S. The number of carbonyl (C=O) groups is 2. The van der Waals surface area contributed by atoms with E-state index in [1.54, 1.807) is 35.6 Å². The van der Waals surface area contributed by atoms with Gasteiger partial charge in [0.25, 0.3) is 11.8 Å². The molecule has 126 valence electrons. The van der Waals surface area contributed by atoms with E-state index in [9.17, 15) is 9.59 Å². The van der Waals surface area contributed by atoms with Crippen LogP contribution >= 0.6 is 11.3 Å². The molecule has 0 bridgehead atoms. The molecule has 1 aromatic carbocycles. The molecule has 0 aliphatic rings. The van der Waals surface area contributed by atoms with Crippen molar-refractivity contribution in [1.29, 1.82) is 0 Å². The van der Waals surface area contributed by atoms with Gasteiger partial charge in [0, 0.05) is 17.7 Å². The Morgan fingerprint density at radius 1 is 1.16 bits per heavy atom. The van der Waals surface area contributed by atoms with Crippen LogP contribution in [0.4, 0.5) is 0 Å². The van der Waals surface area contributed by atoms with E-state index in [-0.39, 0.29) is 6.54 Å². The highest BCUT2D eigenvalue weighted by Crippen LogP contribution is 2.05. The largest absolute Gasteiger partial charge is 0.339 e. The number of hydrogen-bond donors (Lipinski definition) is 4. The summed E-state index contributed by atoms with van der Waals surface area (Å²) in [6, 6.07) is 9.34. The van der Waals surface area contributed by atoms with Crippen LogP contribution in [0, 0.1) is 23.7 Å². The number of rotatable bonds is 4. The number of thiophene rings is 1. The Bertz CT molecular complexity index is 853. The molecule has 0 radical (unpaired) electrons. The van der Waals surface area contributed by atoms with Gasteiger partial charge in [-0.1, -0.05) is 12.0 Å². The molecule has 1 aromatic heterocycles. The number of nitrogens with two attached hydrogens (primary N) is 1. The highest BCUT2D eigenvalue weighted by molar-refractivity contribution is 7.10. The van der Waals surface area contributed by atoms with Crippen molar-refractivity contribution in [1.82, 2.24) is 10.8 Å². The van der Waals surface area contributed by atoms with Crippen LogP contribution in [0.1, 0.15) is 20.8 Å². The lowest BCUT2D eigenvalue weighted by atomic mass is 10.1. The van der Waals surface area contributed by atoms with E-state index in [0.717, 1.165) is 4.88 Å². The van der Waals surface area contributed by atoms with Crippen LogP contribution in [0.25, 0.3) is 0 Å². The van der Waals surface area contributed by atoms with Gasteiger partial charge in [0.05, 0.1) is 4.88 Å². The Morgan fingerprint density at radius 2 is 1.88 bits per heavy atom. The fourth-order valence-electron chi connectivity index (χ4n) is 1.80. The summed E-state index contributed by atoms with van der Waals surface area (Å²) in [4.78, 5) is 24.3. The lowest BCUT2D eigenvalue weighted by Crippen LogP contribution is -2.50. The van der Waals surface area contributed by atoms with Gasteiger partial charge < -0.3 is 11.1 Å². The summed E-state index contributed by atoms with van der Waals surface area (Å²) in [6.45, 7) is -0.134. The molecule has 0 spiro atoms. The van der Waals surface area contributed by atoms with E-state index in [2.05, 4.69) is 29.0 Å². The Balaban J connectivity index is 2.00. The number of benzene rings is 1. The first-order chi connectivity index (χ1) is 12.1. The predicted octanol–water partition coefficient (Wildman–Crippen LogP) is 0.714. The molecule has 0 saturated heterocycles. The second-order valence-corrected chi connectivity index (χ2v) is 5.74. The minimum Gasteiger partial charge on any atom is -0.339 e. The molecule has 2 aromatic rings. The standard InChI is InChI=1S/C18H15N3O3S/c19-12-16(18(23)21-24)20-17(22)14-9-7-13(8-10-14)4-1-2-5-15-6-3-11-25-15/h3,6-11,16,24H,12,19H2,(H,20,22)(H,21,23)/t16-/m0/s1. The van der Waals surface area contributed by atoms with Crippen molar-refractivity contribution in [2.75, 3.05) is 6.54 Å². The predicted molar refractivity (Wildman–Crippen MR) is 94.8 cm³/mol. The normalized spacial score (nSPS) is 10.5. The maximum absolute atomic E-state index is 12.1. The minimum atomic E-state index is -1.01. The molecule has 7 heteroatoms. The summed E-state index contributed by atoms with van der Waals surface area (Å²) >= 11 is 1.55. The van der Waals surface area contributed by atoms with Gasteiger partial charge in [-0.3, -0.25) is 14.8 Å². The maximum atomic E-state index is 12.1. The summed E-state index contributed by atoms with van der Waals surface area (Å²) in [5, 5.41) is 13.0. The van der Waals surface area contributed by atoms with Crippen LogP contribution in [0.3, 0.4) is 0 Å². The molecule has 6 nitrogen and oxygen atoms in total. The van der Waals surface area contributed by atoms with Crippen molar-refractivity contribution in [2.24, 2.45) is 5.73 Å². The monoisotopic (exact) mass is 353 g/mol. The number of nitrogens with one attached hydrogen (secondary N) is 2. The van der Waals surface area contributed by atoms with E-state index in [4.69, 9.17) is 10.9 Å².